The van der Waals surface area contributed by atoms with Crippen LogP contribution in [0, 0.1) is 0 Å². The second-order valence-corrected chi connectivity index (χ2v) is 7.64. The zero-order valence-corrected chi connectivity index (χ0v) is 15.3. The van der Waals surface area contributed by atoms with Gasteiger partial charge in [0.05, 0.1) is 19.2 Å². The van der Waals surface area contributed by atoms with Crippen molar-refractivity contribution in [3.8, 4) is 0 Å². The van der Waals surface area contributed by atoms with Crippen LogP contribution in [0.2, 0.25) is 0 Å². The highest BCUT2D eigenvalue weighted by atomic mass is 32.1. The summed E-state index contributed by atoms with van der Waals surface area (Å²) in [5, 5.41) is 20.6. The van der Waals surface area contributed by atoms with Crippen LogP contribution in [-0.4, -0.2) is 26.5 Å². The maximum atomic E-state index is 9.62. The highest BCUT2D eigenvalue weighted by Crippen LogP contribution is 2.37. The van der Waals surface area contributed by atoms with E-state index in [4.69, 9.17) is 0 Å². The van der Waals surface area contributed by atoms with Gasteiger partial charge in [0.15, 0.2) is 0 Å². The quantitative estimate of drug-likeness (QED) is 0.761. The number of fused-ring (bicyclic) bond motifs is 1. The van der Waals surface area contributed by atoms with Gasteiger partial charge in [-0.05, 0) is 29.5 Å². The number of anilines is 1. The first kappa shape index (κ1) is 16.3. The Bertz CT molecular complexity index is 858. The lowest BCUT2D eigenvalue weighted by atomic mass is 10.1. The Morgan fingerprint density at radius 1 is 1.24 bits per heavy atom. The Labute approximate surface area is 151 Å². The fourth-order valence-corrected chi connectivity index (χ4v) is 4.19. The summed E-state index contributed by atoms with van der Waals surface area (Å²) in [4.78, 5) is 3.57. The van der Waals surface area contributed by atoms with Crippen LogP contribution >= 0.6 is 11.3 Å². The number of hydrogen-bond acceptors (Lipinski definition) is 5. The van der Waals surface area contributed by atoms with E-state index in [1.54, 1.807) is 11.3 Å². The Morgan fingerprint density at radius 3 is 2.80 bits per heavy atom. The summed E-state index contributed by atoms with van der Waals surface area (Å²) in [7, 11) is 0. The molecule has 1 aliphatic rings. The van der Waals surface area contributed by atoms with Crippen LogP contribution < -0.4 is 4.90 Å². The molecule has 2 aromatic heterocycles. The van der Waals surface area contributed by atoms with E-state index in [1.807, 2.05) is 6.92 Å². The molecule has 1 aromatic carbocycles. The van der Waals surface area contributed by atoms with Crippen molar-refractivity contribution < 1.29 is 5.11 Å². The number of aliphatic hydroxyl groups excluding tert-OH is 1. The van der Waals surface area contributed by atoms with Gasteiger partial charge < -0.3 is 10.0 Å². The van der Waals surface area contributed by atoms with Crippen LogP contribution in [0.3, 0.4) is 0 Å². The van der Waals surface area contributed by atoms with E-state index in [9.17, 15) is 5.11 Å². The molecular formula is C19H22N4OS. The number of aliphatic hydroxyl groups is 1. The molecule has 1 aliphatic heterocycles. The first-order chi connectivity index (χ1) is 12.2. The number of aromatic nitrogens is 3. The lowest BCUT2D eigenvalue weighted by Gasteiger charge is -2.24. The molecule has 3 heterocycles. The molecule has 2 unspecified atom stereocenters. The minimum Gasteiger partial charge on any atom is -0.396 e. The number of nitrogens with zero attached hydrogens (tertiary/aromatic N) is 4. The third-order valence-electron chi connectivity index (χ3n) is 4.94. The summed E-state index contributed by atoms with van der Waals surface area (Å²) < 4.78 is 2.16. The lowest BCUT2D eigenvalue weighted by molar-refractivity contribution is 0.266. The predicted octanol–water partition coefficient (Wildman–Crippen LogP) is 3.56. The fraction of sp³-hybridized carbons (Fsp3) is 0.368. The first-order valence-corrected chi connectivity index (χ1v) is 9.47. The monoisotopic (exact) mass is 354 g/mol. The Balaban J connectivity index is 1.74. The molecule has 0 saturated carbocycles. The van der Waals surface area contributed by atoms with Gasteiger partial charge in [-0.25, -0.2) is 0 Å². The minimum absolute atomic E-state index is 0.0403. The average molecular weight is 354 g/mol. The molecule has 0 amide bonds. The van der Waals surface area contributed by atoms with Crippen LogP contribution in [0.1, 0.15) is 47.6 Å². The molecule has 0 spiro atoms. The van der Waals surface area contributed by atoms with Gasteiger partial charge in [-0.2, -0.15) is 0 Å². The van der Waals surface area contributed by atoms with Crippen LogP contribution in [0.15, 0.2) is 41.8 Å². The highest BCUT2D eigenvalue weighted by Gasteiger charge is 2.31. The largest absolute Gasteiger partial charge is 0.396 e. The normalized spacial score (nSPS) is 17.7. The summed E-state index contributed by atoms with van der Waals surface area (Å²) >= 11 is 1.73. The molecule has 130 valence electrons. The van der Waals surface area contributed by atoms with E-state index in [2.05, 4.69) is 68.4 Å². The summed E-state index contributed by atoms with van der Waals surface area (Å²) in [5.41, 5.74) is 2.70. The van der Waals surface area contributed by atoms with E-state index in [0.717, 1.165) is 24.9 Å². The molecule has 3 aromatic rings. The number of thiophene rings is 1. The van der Waals surface area contributed by atoms with Gasteiger partial charge in [-0.3, -0.25) is 4.57 Å². The van der Waals surface area contributed by atoms with Gasteiger partial charge in [0, 0.05) is 17.3 Å². The SMILES string of the molecule is CC(CO)c1nnc(N2Cc3ccccc3C2C)n1Cc1cccs1. The van der Waals surface area contributed by atoms with Gasteiger partial charge in [0.1, 0.15) is 5.82 Å². The number of benzene rings is 1. The molecular weight excluding hydrogens is 332 g/mol. The van der Waals surface area contributed by atoms with Gasteiger partial charge in [0.25, 0.3) is 0 Å². The first-order valence-electron chi connectivity index (χ1n) is 8.59. The Kier molecular flexibility index (Phi) is 4.31. The van der Waals surface area contributed by atoms with E-state index >= 15 is 0 Å². The van der Waals surface area contributed by atoms with Gasteiger partial charge in [0.2, 0.25) is 5.95 Å². The summed E-state index contributed by atoms with van der Waals surface area (Å²) in [6.45, 7) is 5.84. The standard InChI is InChI=1S/C19H22N4OS/c1-13(12-24)18-20-21-19(23(18)11-16-7-5-9-25-16)22-10-15-6-3-4-8-17(15)14(22)2/h3-9,13-14,24H,10-12H2,1-2H3. The van der Waals surface area contributed by atoms with E-state index < -0.39 is 0 Å². The molecule has 6 heteroatoms. The maximum absolute atomic E-state index is 9.62. The van der Waals surface area contributed by atoms with Crippen LogP contribution in [0.25, 0.3) is 0 Å². The van der Waals surface area contributed by atoms with Crippen molar-refractivity contribution in [2.45, 2.75) is 38.9 Å². The van der Waals surface area contributed by atoms with Crippen molar-refractivity contribution in [3.05, 3.63) is 63.6 Å². The zero-order chi connectivity index (χ0) is 17.4. The van der Waals surface area contributed by atoms with Crippen molar-refractivity contribution in [1.29, 1.82) is 0 Å². The lowest BCUT2D eigenvalue weighted by Crippen LogP contribution is -2.24. The van der Waals surface area contributed by atoms with Crippen molar-refractivity contribution in [2.24, 2.45) is 0 Å². The molecule has 2 atom stereocenters. The molecule has 5 nitrogen and oxygen atoms in total. The van der Waals surface area contributed by atoms with E-state index in [1.165, 1.54) is 16.0 Å². The van der Waals surface area contributed by atoms with Gasteiger partial charge in [-0.1, -0.05) is 37.3 Å². The van der Waals surface area contributed by atoms with Crippen molar-refractivity contribution >= 4 is 17.3 Å². The van der Waals surface area contributed by atoms with Crippen molar-refractivity contribution in [2.75, 3.05) is 11.5 Å². The third kappa shape index (κ3) is 2.85. The summed E-state index contributed by atoms with van der Waals surface area (Å²) in [6.07, 6.45) is 0. The molecule has 0 fully saturated rings. The highest BCUT2D eigenvalue weighted by molar-refractivity contribution is 7.09. The molecule has 25 heavy (non-hydrogen) atoms. The zero-order valence-electron chi connectivity index (χ0n) is 14.5. The third-order valence-corrected chi connectivity index (χ3v) is 5.80. The smallest absolute Gasteiger partial charge is 0.228 e. The van der Waals surface area contributed by atoms with Gasteiger partial charge in [-0.15, -0.1) is 21.5 Å². The van der Waals surface area contributed by atoms with Crippen molar-refractivity contribution in [3.63, 3.8) is 0 Å². The van der Waals surface area contributed by atoms with E-state index in [0.29, 0.717) is 0 Å². The van der Waals surface area contributed by atoms with Gasteiger partial charge >= 0.3 is 0 Å². The average Bonchev–Trinajstić information content (AvgIpc) is 3.35. The Hall–Kier alpha value is -2.18. The second-order valence-electron chi connectivity index (χ2n) is 6.61. The fourth-order valence-electron chi connectivity index (χ4n) is 3.49. The second kappa shape index (κ2) is 6.61. The molecule has 1 N–H and O–H groups in total. The molecule has 0 saturated heterocycles. The molecule has 0 aliphatic carbocycles. The summed E-state index contributed by atoms with van der Waals surface area (Å²) in [6, 6.07) is 13.0. The topological polar surface area (TPSA) is 54.2 Å². The maximum Gasteiger partial charge on any atom is 0.228 e. The molecule has 0 bridgehead atoms. The van der Waals surface area contributed by atoms with Crippen molar-refractivity contribution in [1.82, 2.24) is 14.8 Å². The van der Waals surface area contributed by atoms with Crippen LogP contribution in [0.5, 0.6) is 0 Å². The van der Waals surface area contributed by atoms with E-state index in [-0.39, 0.29) is 18.6 Å². The molecule has 4 rings (SSSR count). The minimum atomic E-state index is -0.0403. The Morgan fingerprint density at radius 2 is 2.08 bits per heavy atom. The molecule has 0 radical (unpaired) electrons. The van der Waals surface area contributed by atoms with Crippen LogP contribution in [-0.2, 0) is 13.1 Å². The number of hydrogen-bond donors (Lipinski definition) is 1. The summed E-state index contributed by atoms with van der Waals surface area (Å²) in [5.74, 6) is 1.68. The van der Waals surface area contributed by atoms with Crippen LogP contribution in [0.4, 0.5) is 5.95 Å². The predicted molar refractivity (Wildman–Crippen MR) is 100.0 cm³/mol. The number of rotatable bonds is 5.